The van der Waals surface area contributed by atoms with Gasteiger partial charge in [-0.2, -0.15) is 0 Å². The van der Waals surface area contributed by atoms with Crippen molar-refractivity contribution in [3.05, 3.63) is 117 Å². The highest BCUT2D eigenvalue weighted by atomic mass is 35.5. The predicted octanol–water partition coefficient (Wildman–Crippen LogP) is 4.60. The summed E-state index contributed by atoms with van der Waals surface area (Å²) in [6.07, 6.45) is 3.63. The topological polar surface area (TPSA) is 106 Å². The highest BCUT2D eigenvalue weighted by molar-refractivity contribution is 5.85. The monoisotopic (exact) mass is 580 g/mol. The van der Waals surface area contributed by atoms with E-state index in [1.54, 1.807) is 16.8 Å². The smallest absolute Gasteiger partial charge is 0.294 e. The lowest BCUT2D eigenvalue weighted by Crippen LogP contribution is -2.39. The van der Waals surface area contributed by atoms with Crippen LogP contribution in [0.1, 0.15) is 46.6 Å². The van der Waals surface area contributed by atoms with Crippen molar-refractivity contribution in [1.29, 1.82) is 0 Å². The summed E-state index contributed by atoms with van der Waals surface area (Å²) in [6.45, 7) is 2.18. The zero-order chi connectivity index (χ0) is 26.6. The molecule has 2 atom stereocenters. The molecule has 8 nitrogen and oxygen atoms in total. The standard InChI is InChI=1S/C30H32N6O2.2ClH/c1-20-23(13-16-27(31)34-20)18-33-29(37)25-15-14-24-19-32-28(30(38)36(24)25)35(2)26(22-11-7-4-8-12-22)17-21-9-5-3-6-10-21;;/h3-13,16,19,25-26H,14-15,17-18H2,1-2H3,(H2,31,34)(H,33,37);2*1H/t25-,26?;;/m0../s1. The molecule has 0 spiro atoms. The second-order valence-corrected chi connectivity index (χ2v) is 9.73. The van der Waals surface area contributed by atoms with Crippen molar-refractivity contribution in [3.63, 3.8) is 0 Å². The van der Waals surface area contributed by atoms with E-state index in [-0.39, 0.29) is 42.3 Å². The Kier molecular flexibility index (Phi) is 10.3. The molecule has 0 bridgehead atoms. The third kappa shape index (κ3) is 6.46. The molecule has 1 amide bonds. The van der Waals surface area contributed by atoms with Gasteiger partial charge in [0.2, 0.25) is 5.91 Å². The fourth-order valence-electron chi connectivity index (χ4n) is 5.16. The fourth-order valence-corrected chi connectivity index (χ4v) is 5.16. The molecule has 10 heteroatoms. The maximum Gasteiger partial charge on any atom is 0.294 e. The van der Waals surface area contributed by atoms with Crippen LogP contribution in [0.2, 0.25) is 0 Å². The third-order valence-electron chi connectivity index (χ3n) is 7.27. The Morgan fingerprint density at radius 1 is 1.07 bits per heavy atom. The number of hydrogen-bond acceptors (Lipinski definition) is 6. The van der Waals surface area contributed by atoms with E-state index in [0.29, 0.717) is 37.4 Å². The second-order valence-electron chi connectivity index (χ2n) is 9.73. The molecule has 1 unspecified atom stereocenters. The summed E-state index contributed by atoms with van der Waals surface area (Å²) in [7, 11) is 1.90. The molecule has 1 aliphatic heterocycles. The first kappa shape index (κ1) is 30.7. The molecule has 3 heterocycles. The predicted molar refractivity (Wildman–Crippen MR) is 163 cm³/mol. The summed E-state index contributed by atoms with van der Waals surface area (Å²) < 4.78 is 1.62. The number of nitrogens with two attached hydrogens (primary N) is 1. The van der Waals surface area contributed by atoms with Gasteiger partial charge >= 0.3 is 0 Å². The number of halogens is 2. The molecule has 40 heavy (non-hydrogen) atoms. The van der Waals surface area contributed by atoms with Gasteiger partial charge in [-0.15, -0.1) is 24.8 Å². The number of aromatic nitrogens is 3. The quantitative estimate of drug-likeness (QED) is 0.315. The molecule has 0 aliphatic carbocycles. The van der Waals surface area contributed by atoms with Gasteiger partial charge in [0.15, 0.2) is 5.82 Å². The highest BCUT2D eigenvalue weighted by Crippen LogP contribution is 2.29. The van der Waals surface area contributed by atoms with E-state index in [0.717, 1.165) is 22.5 Å². The Bertz CT molecular complexity index is 1500. The Morgan fingerprint density at radius 3 is 2.42 bits per heavy atom. The van der Waals surface area contributed by atoms with Crippen LogP contribution in [0.4, 0.5) is 11.6 Å². The third-order valence-corrected chi connectivity index (χ3v) is 7.27. The van der Waals surface area contributed by atoms with Crippen molar-refractivity contribution in [1.82, 2.24) is 19.9 Å². The number of benzene rings is 2. The van der Waals surface area contributed by atoms with Crippen LogP contribution in [0, 0.1) is 6.92 Å². The lowest BCUT2D eigenvalue weighted by Gasteiger charge is -2.30. The zero-order valence-corrected chi connectivity index (χ0v) is 24.1. The summed E-state index contributed by atoms with van der Waals surface area (Å²) in [4.78, 5) is 37.8. The minimum absolute atomic E-state index is 0. The van der Waals surface area contributed by atoms with Gasteiger partial charge in [0.1, 0.15) is 11.9 Å². The molecule has 5 rings (SSSR count). The Balaban J connectivity index is 0.00000220. The molecule has 1 aliphatic rings. The minimum atomic E-state index is -0.584. The fraction of sp³-hybridized carbons (Fsp3) is 0.267. The van der Waals surface area contributed by atoms with Crippen LogP contribution in [0.15, 0.2) is 83.8 Å². The van der Waals surface area contributed by atoms with Gasteiger partial charge in [0.05, 0.1) is 6.04 Å². The average molecular weight is 582 g/mol. The normalized spacial score (nSPS) is 14.3. The van der Waals surface area contributed by atoms with Crippen LogP contribution in [0.25, 0.3) is 0 Å². The number of fused-ring (bicyclic) bond motifs is 1. The van der Waals surface area contributed by atoms with E-state index in [4.69, 9.17) is 5.73 Å². The number of nitrogen functional groups attached to an aromatic ring is 1. The van der Waals surface area contributed by atoms with Crippen LogP contribution in [-0.2, 0) is 24.2 Å². The van der Waals surface area contributed by atoms with Crippen molar-refractivity contribution < 1.29 is 4.79 Å². The first-order valence-corrected chi connectivity index (χ1v) is 12.8. The molecule has 0 saturated heterocycles. The molecule has 2 aromatic carbocycles. The van der Waals surface area contributed by atoms with Crippen LogP contribution in [0.3, 0.4) is 0 Å². The zero-order valence-electron chi connectivity index (χ0n) is 22.5. The number of hydrogen-bond donors (Lipinski definition) is 2. The van der Waals surface area contributed by atoms with Crippen molar-refractivity contribution in [2.45, 2.75) is 44.8 Å². The summed E-state index contributed by atoms with van der Waals surface area (Å²) in [5.74, 6) is 0.585. The number of nitrogens with zero attached hydrogens (tertiary/aromatic N) is 4. The lowest BCUT2D eigenvalue weighted by atomic mass is 9.97. The second kappa shape index (κ2) is 13.5. The van der Waals surface area contributed by atoms with E-state index in [9.17, 15) is 9.59 Å². The van der Waals surface area contributed by atoms with Gasteiger partial charge in [-0.05, 0) is 48.9 Å². The first-order valence-electron chi connectivity index (χ1n) is 12.8. The van der Waals surface area contributed by atoms with E-state index < -0.39 is 6.04 Å². The van der Waals surface area contributed by atoms with Crippen LogP contribution < -0.4 is 21.5 Å². The van der Waals surface area contributed by atoms with Gasteiger partial charge in [0, 0.05) is 31.2 Å². The van der Waals surface area contributed by atoms with Gasteiger partial charge in [-0.1, -0.05) is 66.7 Å². The molecule has 0 fully saturated rings. The summed E-state index contributed by atoms with van der Waals surface area (Å²) in [5.41, 5.74) is 10.2. The van der Waals surface area contributed by atoms with Crippen molar-refractivity contribution in [3.8, 4) is 0 Å². The molecule has 0 saturated carbocycles. The Morgan fingerprint density at radius 2 is 1.75 bits per heavy atom. The molecule has 3 N–H and O–H groups in total. The first-order chi connectivity index (χ1) is 18.4. The Labute approximate surface area is 246 Å². The number of amides is 1. The van der Waals surface area contributed by atoms with Crippen LogP contribution in [-0.4, -0.2) is 27.5 Å². The van der Waals surface area contributed by atoms with Gasteiger partial charge in [-0.3, -0.25) is 14.2 Å². The maximum absolute atomic E-state index is 13.8. The van der Waals surface area contributed by atoms with Crippen molar-refractivity contribution in [2.24, 2.45) is 0 Å². The summed E-state index contributed by atoms with van der Waals surface area (Å²) in [6, 6.07) is 23.2. The number of carbonyl (C=O) groups is 1. The van der Waals surface area contributed by atoms with Gasteiger partial charge in [0.25, 0.3) is 5.56 Å². The van der Waals surface area contributed by atoms with Gasteiger partial charge < -0.3 is 16.0 Å². The van der Waals surface area contributed by atoms with E-state index in [1.807, 2.05) is 61.3 Å². The number of rotatable bonds is 8. The average Bonchev–Trinajstić information content (AvgIpc) is 3.37. The number of carbonyl (C=O) groups excluding carboxylic acids is 1. The largest absolute Gasteiger partial charge is 0.384 e. The van der Waals surface area contributed by atoms with Crippen molar-refractivity contribution in [2.75, 3.05) is 17.7 Å². The van der Waals surface area contributed by atoms with E-state index >= 15 is 0 Å². The number of nitrogens with one attached hydrogen (secondary N) is 1. The molecule has 2 aromatic heterocycles. The summed E-state index contributed by atoms with van der Waals surface area (Å²) >= 11 is 0. The van der Waals surface area contributed by atoms with Crippen LogP contribution >= 0.6 is 24.8 Å². The summed E-state index contributed by atoms with van der Waals surface area (Å²) in [5, 5.41) is 2.99. The highest BCUT2D eigenvalue weighted by Gasteiger charge is 2.32. The lowest BCUT2D eigenvalue weighted by molar-refractivity contribution is -0.124. The number of anilines is 2. The van der Waals surface area contributed by atoms with E-state index in [1.165, 1.54) is 5.56 Å². The molecular weight excluding hydrogens is 547 g/mol. The molecule has 210 valence electrons. The molecule has 0 radical (unpaired) electrons. The molecular formula is C30H34Cl2N6O2. The Hall–Kier alpha value is -3.88. The van der Waals surface area contributed by atoms with Crippen LogP contribution in [0.5, 0.6) is 0 Å². The number of aryl methyl sites for hydroxylation is 2. The number of likely N-dealkylation sites (N-methyl/N-ethyl adjacent to an activating group) is 1. The molecule has 4 aromatic rings. The van der Waals surface area contributed by atoms with E-state index in [2.05, 4.69) is 39.6 Å². The van der Waals surface area contributed by atoms with Gasteiger partial charge in [-0.25, -0.2) is 9.97 Å². The minimum Gasteiger partial charge on any atom is -0.384 e. The SMILES string of the molecule is Cc1nc(N)ccc1CNC(=O)[C@@H]1CCc2cnc(N(C)C(Cc3ccccc3)c3ccccc3)c(=O)n21.Cl.Cl. The van der Waals surface area contributed by atoms with Crippen molar-refractivity contribution >= 4 is 42.4 Å². The number of pyridine rings is 1. The maximum atomic E-state index is 13.8.